The highest BCUT2D eigenvalue weighted by Crippen LogP contribution is 2.12. The molecule has 1 fully saturated rings. The second kappa shape index (κ2) is 7.60. The number of hydrogen-bond donors (Lipinski definition) is 2. The van der Waals surface area contributed by atoms with Crippen LogP contribution in [0.3, 0.4) is 0 Å². The van der Waals surface area contributed by atoms with Gasteiger partial charge in [-0.25, -0.2) is 18.0 Å². The summed E-state index contributed by atoms with van der Waals surface area (Å²) in [7, 11) is -1.60. The van der Waals surface area contributed by atoms with Crippen LogP contribution in [0.25, 0.3) is 0 Å². The Hall–Kier alpha value is -1.35. The van der Waals surface area contributed by atoms with E-state index in [2.05, 4.69) is 5.32 Å². The third-order valence-corrected chi connectivity index (χ3v) is 5.16. The molecule has 0 radical (unpaired) electrons. The molecule has 0 bridgehead atoms. The second-order valence-corrected chi connectivity index (χ2v) is 7.36. The Labute approximate surface area is 124 Å². The maximum absolute atomic E-state index is 12.1. The normalized spacial score (nSPS) is 22.6. The van der Waals surface area contributed by atoms with Gasteiger partial charge in [0.15, 0.2) is 9.84 Å². The molecule has 8 nitrogen and oxygen atoms in total. The van der Waals surface area contributed by atoms with E-state index in [1.807, 2.05) is 0 Å². The number of carboxylic acid groups (broad SMARTS) is 1. The molecule has 1 rings (SSSR count). The standard InChI is InChI=1S/C12H22N2O6S/c1-9-8-21(18,19)7-5-14(9)12(17)13-10(11(15)16)4-3-6-20-2/h9-10H,3-8H2,1-2H3,(H,13,17)(H,15,16). The van der Waals surface area contributed by atoms with Gasteiger partial charge in [0.1, 0.15) is 6.04 Å². The van der Waals surface area contributed by atoms with Crippen molar-refractivity contribution in [2.24, 2.45) is 0 Å². The SMILES string of the molecule is COCCCC(NC(=O)N1CCS(=O)(=O)CC1C)C(=O)O. The molecule has 0 aliphatic carbocycles. The summed E-state index contributed by atoms with van der Waals surface area (Å²) >= 11 is 0. The zero-order valence-corrected chi connectivity index (χ0v) is 13.1. The first-order chi connectivity index (χ1) is 9.76. The van der Waals surface area contributed by atoms with Gasteiger partial charge in [-0.3, -0.25) is 0 Å². The molecule has 2 atom stereocenters. The van der Waals surface area contributed by atoms with Crippen LogP contribution < -0.4 is 5.32 Å². The van der Waals surface area contributed by atoms with Gasteiger partial charge in [0.25, 0.3) is 0 Å². The minimum atomic E-state index is -3.12. The number of ether oxygens (including phenoxy) is 1. The van der Waals surface area contributed by atoms with E-state index in [-0.39, 0.29) is 24.5 Å². The summed E-state index contributed by atoms with van der Waals surface area (Å²) in [5, 5.41) is 11.5. The molecule has 0 aromatic heterocycles. The first-order valence-electron chi connectivity index (χ1n) is 6.76. The average Bonchev–Trinajstić information content (AvgIpc) is 2.36. The van der Waals surface area contributed by atoms with Crippen molar-refractivity contribution in [3.8, 4) is 0 Å². The maximum Gasteiger partial charge on any atom is 0.326 e. The van der Waals surface area contributed by atoms with E-state index in [4.69, 9.17) is 9.84 Å². The molecule has 2 N–H and O–H groups in total. The van der Waals surface area contributed by atoms with Gasteiger partial charge in [-0.2, -0.15) is 0 Å². The number of hydrogen-bond acceptors (Lipinski definition) is 5. The number of rotatable bonds is 6. The molecule has 0 spiro atoms. The zero-order chi connectivity index (χ0) is 16.0. The van der Waals surface area contributed by atoms with E-state index >= 15 is 0 Å². The summed E-state index contributed by atoms with van der Waals surface area (Å²) in [6.07, 6.45) is 0.771. The Balaban J connectivity index is 2.59. The fraction of sp³-hybridized carbons (Fsp3) is 0.833. The minimum Gasteiger partial charge on any atom is -0.480 e. The van der Waals surface area contributed by atoms with Crippen LogP contribution in [-0.4, -0.2) is 74.3 Å². The fourth-order valence-corrected chi connectivity index (χ4v) is 3.78. The van der Waals surface area contributed by atoms with Crippen molar-refractivity contribution in [1.29, 1.82) is 0 Å². The van der Waals surface area contributed by atoms with Crippen molar-refractivity contribution >= 4 is 21.8 Å². The van der Waals surface area contributed by atoms with Gasteiger partial charge >= 0.3 is 12.0 Å². The van der Waals surface area contributed by atoms with Gasteiger partial charge in [0, 0.05) is 26.3 Å². The number of urea groups is 1. The monoisotopic (exact) mass is 322 g/mol. The summed E-state index contributed by atoms with van der Waals surface area (Å²) in [4.78, 5) is 24.6. The Morgan fingerprint density at radius 1 is 1.48 bits per heavy atom. The molecule has 9 heteroatoms. The minimum absolute atomic E-state index is 0.0831. The Morgan fingerprint density at radius 2 is 2.14 bits per heavy atom. The second-order valence-electron chi connectivity index (χ2n) is 5.13. The molecule has 1 heterocycles. The van der Waals surface area contributed by atoms with E-state index in [9.17, 15) is 18.0 Å². The van der Waals surface area contributed by atoms with Gasteiger partial charge in [-0.05, 0) is 19.8 Å². The van der Waals surface area contributed by atoms with Crippen LogP contribution in [-0.2, 0) is 19.4 Å². The van der Waals surface area contributed by atoms with E-state index in [1.165, 1.54) is 12.0 Å². The number of nitrogens with zero attached hydrogens (tertiary/aromatic N) is 1. The van der Waals surface area contributed by atoms with Crippen molar-refractivity contribution in [2.75, 3.05) is 31.8 Å². The largest absolute Gasteiger partial charge is 0.480 e. The average molecular weight is 322 g/mol. The predicted octanol–water partition coefficient (Wildman–Crippen LogP) is -0.305. The maximum atomic E-state index is 12.1. The van der Waals surface area contributed by atoms with Crippen LogP contribution in [0.4, 0.5) is 4.79 Å². The van der Waals surface area contributed by atoms with E-state index in [0.29, 0.717) is 13.0 Å². The van der Waals surface area contributed by atoms with E-state index in [1.54, 1.807) is 6.92 Å². The molecule has 1 aliphatic rings. The lowest BCUT2D eigenvalue weighted by Crippen LogP contribution is -2.56. The molecule has 0 aromatic carbocycles. The third kappa shape index (κ3) is 5.50. The fourth-order valence-electron chi connectivity index (χ4n) is 2.22. The summed E-state index contributed by atoms with van der Waals surface area (Å²) < 4.78 is 27.8. The van der Waals surface area contributed by atoms with Gasteiger partial charge < -0.3 is 20.1 Å². The first kappa shape index (κ1) is 17.7. The van der Waals surface area contributed by atoms with Crippen molar-refractivity contribution in [2.45, 2.75) is 31.8 Å². The van der Waals surface area contributed by atoms with Gasteiger partial charge in [0.05, 0.1) is 11.5 Å². The van der Waals surface area contributed by atoms with Crippen molar-refractivity contribution in [3.05, 3.63) is 0 Å². The van der Waals surface area contributed by atoms with Crippen molar-refractivity contribution in [3.63, 3.8) is 0 Å². The highest BCUT2D eigenvalue weighted by Gasteiger charge is 2.32. The highest BCUT2D eigenvalue weighted by atomic mass is 32.2. The number of amides is 2. The molecular formula is C12H22N2O6S. The molecule has 2 amide bonds. The lowest BCUT2D eigenvalue weighted by molar-refractivity contribution is -0.139. The molecule has 21 heavy (non-hydrogen) atoms. The molecule has 1 saturated heterocycles. The summed E-state index contributed by atoms with van der Waals surface area (Å²) in [6.45, 7) is 2.13. The number of carboxylic acids is 1. The molecular weight excluding hydrogens is 300 g/mol. The molecule has 0 aromatic rings. The van der Waals surface area contributed by atoms with Crippen LogP contribution in [0.15, 0.2) is 0 Å². The molecule has 2 unspecified atom stereocenters. The smallest absolute Gasteiger partial charge is 0.326 e. The first-order valence-corrected chi connectivity index (χ1v) is 8.58. The number of carbonyl (C=O) groups is 2. The molecule has 1 aliphatic heterocycles. The summed E-state index contributed by atoms with van der Waals surface area (Å²) in [5.74, 6) is -1.30. The summed E-state index contributed by atoms with van der Waals surface area (Å²) in [6, 6.07) is -2.00. The quantitative estimate of drug-likeness (QED) is 0.649. The Kier molecular flexibility index (Phi) is 6.41. The van der Waals surface area contributed by atoms with Crippen LogP contribution in [0.2, 0.25) is 0 Å². The highest BCUT2D eigenvalue weighted by molar-refractivity contribution is 7.91. The number of sulfone groups is 1. The van der Waals surface area contributed by atoms with Crippen LogP contribution in [0.1, 0.15) is 19.8 Å². The van der Waals surface area contributed by atoms with Crippen molar-refractivity contribution < 1.29 is 27.9 Å². The lowest BCUT2D eigenvalue weighted by atomic mass is 10.1. The molecule has 122 valence electrons. The predicted molar refractivity (Wildman–Crippen MR) is 75.9 cm³/mol. The summed E-state index contributed by atoms with van der Waals surface area (Å²) in [5.41, 5.74) is 0. The van der Waals surface area contributed by atoms with E-state index < -0.39 is 33.9 Å². The number of aliphatic carboxylic acids is 1. The topological polar surface area (TPSA) is 113 Å². The van der Waals surface area contributed by atoms with Crippen LogP contribution >= 0.6 is 0 Å². The van der Waals surface area contributed by atoms with Gasteiger partial charge in [-0.15, -0.1) is 0 Å². The van der Waals surface area contributed by atoms with Gasteiger partial charge in [-0.1, -0.05) is 0 Å². The van der Waals surface area contributed by atoms with Gasteiger partial charge in [0.2, 0.25) is 0 Å². The lowest BCUT2D eigenvalue weighted by Gasteiger charge is -2.33. The van der Waals surface area contributed by atoms with E-state index in [0.717, 1.165) is 0 Å². The van der Waals surface area contributed by atoms with Crippen molar-refractivity contribution in [1.82, 2.24) is 10.2 Å². The van der Waals surface area contributed by atoms with Crippen LogP contribution in [0, 0.1) is 0 Å². The zero-order valence-electron chi connectivity index (χ0n) is 12.2. The number of nitrogens with one attached hydrogen (secondary N) is 1. The third-order valence-electron chi connectivity index (χ3n) is 3.37. The Bertz CT molecular complexity index is 478. The Morgan fingerprint density at radius 3 is 2.67 bits per heavy atom. The number of methoxy groups -OCH3 is 1. The number of carbonyl (C=O) groups excluding carboxylic acids is 1. The molecule has 0 saturated carbocycles. The van der Waals surface area contributed by atoms with Crippen LogP contribution in [0.5, 0.6) is 0 Å².